The fourth-order valence-electron chi connectivity index (χ4n) is 1.41. The summed E-state index contributed by atoms with van der Waals surface area (Å²) in [6.07, 6.45) is 5.76. The molecule has 0 radical (unpaired) electrons. The fraction of sp³-hybridized carbons (Fsp3) is 0.214. The number of urea groups is 1. The minimum Gasteiger partial charge on any atom is -0.405 e. The Hall–Kier alpha value is -2.23. The van der Waals surface area contributed by atoms with Gasteiger partial charge in [-0.1, -0.05) is 30.7 Å². The number of carbonyl (C=O) groups is 1. The smallest absolute Gasteiger partial charge is 0.323 e. The second-order valence-corrected chi connectivity index (χ2v) is 3.87. The SMILES string of the molecule is CC/C=C(\C=C/N)NC(=O)Nc1ccc(C)cc1. The largest absolute Gasteiger partial charge is 0.405 e. The van der Waals surface area contributed by atoms with Crippen LogP contribution in [0.25, 0.3) is 0 Å². The first-order valence-corrected chi connectivity index (χ1v) is 5.88. The van der Waals surface area contributed by atoms with Gasteiger partial charge in [0.25, 0.3) is 0 Å². The van der Waals surface area contributed by atoms with E-state index in [9.17, 15) is 4.79 Å². The van der Waals surface area contributed by atoms with Crippen molar-refractivity contribution in [1.29, 1.82) is 0 Å². The summed E-state index contributed by atoms with van der Waals surface area (Å²) < 4.78 is 0. The number of anilines is 1. The maximum absolute atomic E-state index is 11.7. The highest BCUT2D eigenvalue weighted by Crippen LogP contribution is 2.08. The zero-order valence-electron chi connectivity index (χ0n) is 10.7. The molecule has 0 saturated carbocycles. The molecular weight excluding hydrogens is 226 g/mol. The zero-order valence-corrected chi connectivity index (χ0v) is 10.7. The molecule has 0 heterocycles. The summed E-state index contributed by atoms with van der Waals surface area (Å²) in [4.78, 5) is 11.7. The van der Waals surface area contributed by atoms with Crippen LogP contribution in [0.5, 0.6) is 0 Å². The van der Waals surface area contributed by atoms with Crippen LogP contribution >= 0.6 is 0 Å². The molecule has 2 amide bonds. The molecule has 4 nitrogen and oxygen atoms in total. The Kier molecular flexibility index (Phi) is 5.51. The lowest BCUT2D eigenvalue weighted by Crippen LogP contribution is -2.27. The van der Waals surface area contributed by atoms with E-state index in [0.29, 0.717) is 5.70 Å². The van der Waals surface area contributed by atoms with Crippen LogP contribution < -0.4 is 16.4 Å². The standard InChI is InChI=1S/C14H19N3O/c1-3-4-12(9-10-15)16-14(18)17-13-7-5-11(2)6-8-13/h4-10H,3,15H2,1-2H3,(H2,16,17,18)/b10-9-,12-4+. The van der Waals surface area contributed by atoms with E-state index in [2.05, 4.69) is 10.6 Å². The molecule has 0 unspecified atom stereocenters. The summed E-state index contributed by atoms with van der Waals surface area (Å²) in [6.45, 7) is 3.99. The highest BCUT2D eigenvalue weighted by Gasteiger charge is 2.02. The van der Waals surface area contributed by atoms with E-state index in [-0.39, 0.29) is 6.03 Å². The van der Waals surface area contributed by atoms with Crippen molar-refractivity contribution in [1.82, 2.24) is 5.32 Å². The van der Waals surface area contributed by atoms with Crippen molar-refractivity contribution in [2.45, 2.75) is 20.3 Å². The monoisotopic (exact) mass is 245 g/mol. The van der Waals surface area contributed by atoms with E-state index < -0.39 is 0 Å². The molecule has 4 heteroatoms. The van der Waals surface area contributed by atoms with Crippen molar-refractivity contribution in [2.24, 2.45) is 5.73 Å². The number of allylic oxidation sites excluding steroid dienone is 2. The lowest BCUT2D eigenvalue weighted by Gasteiger charge is -2.08. The van der Waals surface area contributed by atoms with Gasteiger partial charge in [0.05, 0.1) is 0 Å². The molecule has 0 aliphatic rings. The molecule has 0 spiro atoms. The van der Waals surface area contributed by atoms with Gasteiger partial charge in [-0.25, -0.2) is 4.79 Å². The van der Waals surface area contributed by atoms with Gasteiger partial charge >= 0.3 is 6.03 Å². The first kappa shape index (κ1) is 13.8. The first-order chi connectivity index (χ1) is 8.65. The maximum atomic E-state index is 11.7. The van der Waals surface area contributed by atoms with Crippen molar-refractivity contribution < 1.29 is 4.79 Å². The Bertz CT molecular complexity index is 447. The van der Waals surface area contributed by atoms with Crippen molar-refractivity contribution in [3.05, 3.63) is 53.9 Å². The average Bonchev–Trinajstić information content (AvgIpc) is 2.33. The van der Waals surface area contributed by atoms with Crippen LogP contribution in [0, 0.1) is 6.92 Å². The lowest BCUT2D eigenvalue weighted by atomic mass is 10.2. The highest BCUT2D eigenvalue weighted by molar-refractivity contribution is 5.90. The van der Waals surface area contributed by atoms with Crippen LogP contribution in [-0.2, 0) is 0 Å². The van der Waals surface area contributed by atoms with E-state index in [1.165, 1.54) is 6.20 Å². The van der Waals surface area contributed by atoms with Crippen molar-refractivity contribution in [2.75, 3.05) is 5.32 Å². The fourth-order valence-corrected chi connectivity index (χ4v) is 1.41. The third-order valence-corrected chi connectivity index (χ3v) is 2.27. The van der Waals surface area contributed by atoms with Crippen LogP contribution in [0.1, 0.15) is 18.9 Å². The van der Waals surface area contributed by atoms with E-state index in [1.54, 1.807) is 6.08 Å². The number of aryl methyl sites for hydroxylation is 1. The molecule has 4 N–H and O–H groups in total. The number of benzene rings is 1. The summed E-state index contributed by atoms with van der Waals surface area (Å²) in [7, 11) is 0. The molecule has 18 heavy (non-hydrogen) atoms. The summed E-state index contributed by atoms with van der Waals surface area (Å²) in [5.74, 6) is 0. The van der Waals surface area contributed by atoms with Gasteiger partial charge in [-0.05, 0) is 37.8 Å². The molecule has 1 aromatic carbocycles. The Labute approximate surface area is 108 Å². The normalized spacial score (nSPS) is 11.6. The molecule has 0 aliphatic heterocycles. The van der Waals surface area contributed by atoms with Crippen molar-refractivity contribution in [3.8, 4) is 0 Å². The molecule has 1 aromatic rings. The summed E-state index contributed by atoms with van der Waals surface area (Å²) in [5, 5.41) is 5.48. The van der Waals surface area contributed by atoms with Crippen LogP contribution in [0.15, 0.2) is 48.3 Å². The zero-order chi connectivity index (χ0) is 13.4. The first-order valence-electron chi connectivity index (χ1n) is 5.88. The number of amides is 2. The van der Waals surface area contributed by atoms with Gasteiger partial charge in [0.2, 0.25) is 0 Å². The van der Waals surface area contributed by atoms with E-state index in [0.717, 1.165) is 17.7 Å². The predicted molar refractivity (Wildman–Crippen MR) is 75.0 cm³/mol. The molecule has 96 valence electrons. The summed E-state index contributed by atoms with van der Waals surface area (Å²) in [6, 6.07) is 7.32. The van der Waals surface area contributed by atoms with Crippen LogP contribution in [0.2, 0.25) is 0 Å². The maximum Gasteiger partial charge on any atom is 0.323 e. The van der Waals surface area contributed by atoms with Gasteiger partial charge in [-0.15, -0.1) is 0 Å². The number of nitrogens with one attached hydrogen (secondary N) is 2. The number of rotatable bonds is 4. The average molecular weight is 245 g/mol. The molecule has 0 fully saturated rings. The van der Waals surface area contributed by atoms with Gasteiger partial charge in [0.15, 0.2) is 0 Å². The molecule has 1 rings (SSSR count). The summed E-state index contributed by atoms with van der Waals surface area (Å²) >= 11 is 0. The topological polar surface area (TPSA) is 67.1 Å². The molecule has 0 saturated heterocycles. The minimum absolute atomic E-state index is 0.281. The van der Waals surface area contributed by atoms with Crippen LogP contribution in [0.3, 0.4) is 0 Å². The van der Waals surface area contributed by atoms with Gasteiger partial charge < -0.3 is 16.4 Å². The Morgan fingerprint density at radius 2 is 2.00 bits per heavy atom. The predicted octanol–water partition coefficient (Wildman–Crippen LogP) is 2.88. The Morgan fingerprint density at radius 3 is 2.56 bits per heavy atom. The number of hydrogen-bond acceptors (Lipinski definition) is 2. The van der Waals surface area contributed by atoms with Gasteiger partial charge in [0, 0.05) is 11.4 Å². The molecular formula is C14H19N3O. The lowest BCUT2D eigenvalue weighted by molar-refractivity contribution is 0.254. The molecule has 0 atom stereocenters. The van der Waals surface area contributed by atoms with E-state index >= 15 is 0 Å². The number of nitrogens with two attached hydrogens (primary N) is 1. The highest BCUT2D eigenvalue weighted by atomic mass is 16.2. The second-order valence-electron chi connectivity index (χ2n) is 3.87. The molecule has 0 aliphatic carbocycles. The van der Waals surface area contributed by atoms with E-state index in [1.807, 2.05) is 44.2 Å². The van der Waals surface area contributed by atoms with E-state index in [4.69, 9.17) is 5.73 Å². The Morgan fingerprint density at radius 1 is 1.33 bits per heavy atom. The third kappa shape index (κ3) is 4.74. The summed E-state index contributed by atoms with van der Waals surface area (Å²) in [5.41, 5.74) is 7.90. The third-order valence-electron chi connectivity index (χ3n) is 2.27. The van der Waals surface area contributed by atoms with Gasteiger partial charge in [-0.3, -0.25) is 0 Å². The van der Waals surface area contributed by atoms with Gasteiger partial charge in [0.1, 0.15) is 0 Å². The molecule has 0 aromatic heterocycles. The molecule has 0 bridgehead atoms. The number of hydrogen-bond donors (Lipinski definition) is 3. The van der Waals surface area contributed by atoms with Gasteiger partial charge in [-0.2, -0.15) is 0 Å². The second kappa shape index (κ2) is 7.17. The Balaban J connectivity index is 2.60. The number of carbonyl (C=O) groups excluding carboxylic acids is 1. The van der Waals surface area contributed by atoms with Crippen molar-refractivity contribution >= 4 is 11.7 Å². The van der Waals surface area contributed by atoms with Crippen LogP contribution in [-0.4, -0.2) is 6.03 Å². The van der Waals surface area contributed by atoms with Crippen molar-refractivity contribution in [3.63, 3.8) is 0 Å². The van der Waals surface area contributed by atoms with Crippen LogP contribution in [0.4, 0.5) is 10.5 Å². The quantitative estimate of drug-likeness (QED) is 0.714. The minimum atomic E-state index is -0.281.